The highest BCUT2D eigenvalue weighted by atomic mass is 19.4. The van der Waals surface area contributed by atoms with Gasteiger partial charge in [-0.2, -0.15) is 13.2 Å². The lowest BCUT2D eigenvalue weighted by atomic mass is 10.0. The maximum absolute atomic E-state index is 13.0. The number of alkyl halides is 3. The SMILES string of the molecule is CC(C)(NC(=O)[C@H]1[C@@H]2CNC[C@@H]21)c1ncc2ccc(C(F)(F)F)cn12. The summed E-state index contributed by atoms with van der Waals surface area (Å²) >= 11 is 0. The third-order valence-corrected chi connectivity index (χ3v) is 5.24. The van der Waals surface area contributed by atoms with Crippen LogP contribution in [0, 0.1) is 17.8 Å². The van der Waals surface area contributed by atoms with Gasteiger partial charge in [-0.25, -0.2) is 4.98 Å². The van der Waals surface area contributed by atoms with Crippen molar-refractivity contribution in [2.24, 2.45) is 17.8 Å². The monoisotopic (exact) mass is 352 g/mol. The number of amides is 1. The van der Waals surface area contributed by atoms with Gasteiger partial charge in [0.05, 0.1) is 22.8 Å². The molecule has 2 aromatic heterocycles. The molecule has 25 heavy (non-hydrogen) atoms. The van der Waals surface area contributed by atoms with E-state index in [-0.39, 0.29) is 11.8 Å². The first-order valence-electron chi connectivity index (χ1n) is 8.26. The zero-order valence-electron chi connectivity index (χ0n) is 13.9. The average molecular weight is 352 g/mol. The van der Waals surface area contributed by atoms with Crippen molar-refractivity contribution in [1.29, 1.82) is 0 Å². The van der Waals surface area contributed by atoms with Crippen LogP contribution in [-0.2, 0) is 16.5 Å². The average Bonchev–Trinajstić information content (AvgIpc) is 2.88. The second-order valence-electron chi connectivity index (χ2n) is 7.42. The van der Waals surface area contributed by atoms with E-state index in [0.29, 0.717) is 23.2 Å². The number of imidazole rings is 1. The number of carbonyl (C=O) groups is 1. The maximum Gasteiger partial charge on any atom is 0.417 e. The highest BCUT2D eigenvalue weighted by Crippen LogP contribution is 2.49. The molecule has 1 aliphatic carbocycles. The van der Waals surface area contributed by atoms with Gasteiger partial charge in [-0.3, -0.25) is 4.79 Å². The Balaban J connectivity index is 1.62. The maximum atomic E-state index is 13.0. The quantitative estimate of drug-likeness (QED) is 0.890. The van der Waals surface area contributed by atoms with Crippen LogP contribution in [0.4, 0.5) is 13.2 Å². The van der Waals surface area contributed by atoms with Crippen molar-refractivity contribution < 1.29 is 18.0 Å². The summed E-state index contributed by atoms with van der Waals surface area (Å²) in [7, 11) is 0. The Labute approximate surface area is 142 Å². The van der Waals surface area contributed by atoms with E-state index in [0.717, 1.165) is 25.4 Å². The number of aromatic nitrogens is 2. The smallest absolute Gasteiger partial charge is 0.344 e. The van der Waals surface area contributed by atoms with E-state index in [2.05, 4.69) is 15.6 Å². The molecule has 5 nitrogen and oxygen atoms in total. The Hall–Kier alpha value is -2.09. The standard InChI is InChI=1S/C17H19F3N4O/c1-16(2,23-14(25)13-11-6-21-7-12(11)13)15-22-5-10-4-3-9(8-24(10)15)17(18,19)20/h3-5,8,11-13,21H,6-7H2,1-2H3,(H,23,25)/t11-,12+,13+. The predicted molar refractivity (Wildman–Crippen MR) is 84.7 cm³/mol. The number of halogens is 3. The molecular weight excluding hydrogens is 333 g/mol. The van der Waals surface area contributed by atoms with Crippen LogP contribution in [0.15, 0.2) is 24.5 Å². The molecule has 3 atom stereocenters. The minimum atomic E-state index is -4.43. The number of nitrogens with one attached hydrogen (secondary N) is 2. The molecule has 3 heterocycles. The Bertz CT molecular complexity index is 832. The fourth-order valence-corrected chi connectivity index (χ4v) is 3.87. The van der Waals surface area contributed by atoms with Crippen LogP contribution >= 0.6 is 0 Å². The van der Waals surface area contributed by atoms with Crippen molar-refractivity contribution in [3.63, 3.8) is 0 Å². The number of piperidine rings is 1. The number of nitrogens with zero attached hydrogens (tertiary/aromatic N) is 2. The molecule has 2 aliphatic rings. The summed E-state index contributed by atoms with van der Waals surface area (Å²) in [5.74, 6) is 1.09. The van der Waals surface area contributed by atoms with Crippen LogP contribution < -0.4 is 10.6 Å². The van der Waals surface area contributed by atoms with E-state index in [1.807, 2.05) is 0 Å². The Morgan fingerprint density at radius 3 is 2.60 bits per heavy atom. The third-order valence-electron chi connectivity index (χ3n) is 5.24. The van der Waals surface area contributed by atoms with Crippen LogP contribution in [0.2, 0.25) is 0 Å². The molecule has 1 amide bonds. The predicted octanol–water partition coefficient (Wildman–Crippen LogP) is 2.17. The topological polar surface area (TPSA) is 58.4 Å². The van der Waals surface area contributed by atoms with Gasteiger partial charge in [0.1, 0.15) is 5.82 Å². The summed E-state index contributed by atoms with van der Waals surface area (Å²) in [5, 5.41) is 6.21. The van der Waals surface area contributed by atoms with Crippen LogP contribution in [-0.4, -0.2) is 28.4 Å². The van der Waals surface area contributed by atoms with Gasteiger partial charge in [0, 0.05) is 12.1 Å². The number of hydrogen-bond acceptors (Lipinski definition) is 3. The van der Waals surface area contributed by atoms with Gasteiger partial charge in [0.2, 0.25) is 5.91 Å². The molecule has 2 N–H and O–H groups in total. The van der Waals surface area contributed by atoms with Gasteiger partial charge < -0.3 is 15.0 Å². The van der Waals surface area contributed by atoms with Crippen molar-refractivity contribution in [3.8, 4) is 0 Å². The van der Waals surface area contributed by atoms with E-state index in [1.165, 1.54) is 16.7 Å². The zero-order chi connectivity index (χ0) is 18.0. The largest absolute Gasteiger partial charge is 0.417 e. The fraction of sp³-hybridized carbons (Fsp3) is 0.529. The molecule has 2 aromatic rings. The van der Waals surface area contributed by atoms with Gasteiger partial charge in [0.15, 0.2) is 0 Å². The molecule has 0 unspecified atom stereocenters. The lowest BCUT2D eigenvalue weighted by Crippen LogP contribution is -2.44. The van der Waals surface area contributed by atoms with Gasteiger partial charge in [-0.05, 0) is 50.9 Å². The minimum absolute atomic E-state index is 0.00233. The number of pyridine rings is 1. The number of carbonyl (C=O) groups excluding carboxylic acids is 1. The second kappa shape index (κ2) is 5.20. The minimum Gasteiger partial charge on any atom is -0.344 e. The van der Waals surface area contributed by atoms with Crippen molar-refractivity contribution in [2.75, 3.05) is 13.1 Å². The molecule has 4 rings (SSSR count). The van der Waals surface area contributed by atoms with Crippen molar-refractivity contribution in [3.05, 3.63) is 35.9 Å². The first-order valence-corrected chi connectivity index (χ1v) is 8.26. The Morgan fingerprint density at radius 1 is 1.28 bits per heavy atom. The summed E-state index contributed by atoms with van der Waals surface area (Å²) in [5.41, 5.74) is -1.07. The molecule has 2 fully saturated rings. The molecule has 8 heteroatoms. The molecule has 0 spiro atoms. The first kappa shape index (κ1) is 16.4. The zero-order valence-corrected chi connectivity index (χ0v) is 13.9. The van der Waals surface area contributed by atoms with Gasteiger partial charge in [-0.1, -0.05) is 0 Å². The van der Waals surface area contributed by atoms with E-state index >= 15 is 0 Å². The molecule has 0 bridgehead atoms. The van der Waals surface area contributed by atoms with Crippen molar-refractivity contribution >= 4 is 11.4 Å². The Morgan fingerprint density at radius 2 is 1.96 bits per heavy atom. The highest BCUT2D eigenvalue weighted by molar-refractivity contribution is 5.83. The van der Waals surface area contributed by atoms with Crippen LogP contribution in [0.25, 0.3) is 5.52 Å². The van der Waals surface area contributed by atoms with E-state index in [1.54, 1.807) is 13.8 Å². The molecule has 1 saturated heterocycles. The van der Waals surface area contributed by atoms with E-state index in [9.17, 15) is 18.0 Å². The summed E-state index contributed by atoms with van der Waals surface area (Å²) in [6, 6.07) is 2.42. The number of rotatable bonds is 3. The lowest BCUT2D eigenvalue weighted by molar-refractivity contribution is -0.138. The van der Waals surface area contributed by atoms with Crippen LogP contribution in [0.5, 0.6) is 0 Å². The molecule has 0 aromatic carbocycles. The molecule has 1 saturated carbocycles. The molecule has 134 valence electrons. The van der Waals surface area contributed by atoms with E-state index in [4.69, 9.17) is 0 Å². The van der Waals surface area contributed by atoms with Gasteiger partial charge >= 0.3 is 6.18 Å². The fourth-order valence-electron chi connectivity index (χ4n) is 3.87. The normalized spacial score (nSPS) is 25.9. The summed E-state index contributed by atoms with van der Waals surface area (Å²) in [6.07, 6.45) is -1.89. The number of hydrogen-bond donors (Lipinski definition) is 2. The van der Waals surface area contributed by atoms with Gasteiger partial charge in [-0.15, -0.1) is 0 Å². The Kier molecular flexibility index (Phi) is 3.41. The molecule has 0 radical (unpaired) electrons. The lowest BCUT2D eigenvalue weighted by Gasteiger charge is -2.26. The summed E-state index contributed by atoms with van der Waals surface area (Å²) in [6.45, 7) is 5.22. The highest BCUT2D eigenvalue weighted by Gasteiger charge is 2.57. The number of fused-ring (bicyclic) bond motifs is 2. The second-order valence-corrected chi connectivity index (χ2v) is 7.42. The summed E-state index contributed by atoms with van der Waals surface area (Å²) in [4.78, 5) is 16.8. The van der Waals surface area contributed by atoms with E-state index < -0.39 is 17.3 Å². The molecular formula is C17H19F3N4O. The first-order chi connectivity index (χ1) is 11.7. The van der Waals surface area contributed by atoms with Crippen molar-refractivity contribution in [2.45, 2.75) is 25.6 Å². The molecule has 1 aliphatic heterocycles. The summed E-state index contributed by atoms with van der Waals surface area (Å²) < 4.78 is 40.4. The van der Waals surface area contributed by atoms with Crippen molar-refractivity contribution in [1.82, 2.24) is 20.0 Å². The van der Waals surface area contributed by atoms with Crippen LogP contribution in [0.1, 0.15) is 25.2 Å². The third kappa shape index (κ3) is 2.68. The van der Waals surface area contributed by atoms with Crippen LogP contribution in [0.3, 0.4) is 0 Å². The van der Waals surface area contributed by atoms with Gasteiger partial charge in [0.25, 0.3) is 0 Å².